The third kappa shape index (κ3) is 3.54. The molecule has 9 heteroatoms. The highest BCUT2D eigenvalue weighted by atomic mass is 19.1. The number of fused-ring (bicyclic) bond motifs is 4. The lowest BCUT2D eigenvalue weighted by atomic mass is 9.93. The van der Waals surface area contributed by atoms with Crippen LogP contribution in [0.3, 0.4) is 0 Å². The van der Waals surface area contributed by atoms with Crippen LogP contribution in [0, 0.1) is 5.82 Å². The molecule has 0 atom stereocenters. The summed E-state index contributed by atoms with van der Waals surface area (Å²) in [5, 5.41) is 14.3. The lowest BCUT2D eigenvalue weighted by Crippen LogP contribution is -2.23. The van der Waals surface area contributed by atoms with Gasteiger partial charge in [-0.15, -0.1) is 0 Å². The van der Waals surface area contributed by atoms with Gasteiger partial charge in [0.25, 0.3) is 5.56 Å². The van der Waals surface area contributed by atoms with E-state index in [2.05, 4.69) is 15.3 Å². The molecule has 2 bridgehead atoms. The molecule has 34 heavy (non-hydrogen) atoms. The predicted octanol–water partition coefficient (Wildman–Crippen LogP) is 4.35. The van der Waals surface area contributed by atoms with E-state index in [1.165, 1.54) is 10.8 Å². The van der Waals surface area contributed by atoms with Crippen LogP contribution in [0.1, 0.15) is 32.1 Å². The summed E-state index contributed by atoms with van der Waals surface area (Å²) in [7, 11) is 1.62. The second-order valence-electron chi connectivity index (χ2n) is 8.64. The number of aryl methyl sites for hydroxylation is 1. The Kier molecular flexibility index (Phi) is 5.02. The Morgan fingerprint density at radius 1 is 1.21 bits per heavy atom. The van der Waals surface area contributed by atoms with Crippen LogP contribution in [0.25, 0.3) is 22.1 Å². The Hall–Kier alpha value is -3.98. The minimum atomic E-state index is -1.14. The van der Waals surface area contributed by atoms with Gasteiger partial charge in [-0.1, -0.05) is 6.07 Å². The van der Waals surface area contributed by atoms with Crippen molar-refractivity contribution in [1.82, 2.24) is 14.9 Å². The molecule has 1 aromatic carbocycles. The zero-order valence-electron chi connectivity index (χ0n) is 19.1. The highest BCUT2D eigenvalue weighted by Gasteiger charge is 2.25. The molecule has 1 aliphatic heterocycles. The van der Waals surface area contributed by atoms with Crippen LogP contribution in [-0.2, 0) is 12.6 Å². The number of aliphatic hydroxyl groups is 1. The van der Waals surface area contributed by atoms with Crippen molar-refractivity contribution < 1.29 is 18.7 Å². The number of furan rings is 1. The summed E-state index contributed by atoms with van der Waals surface area (Å²) in [6.07, 6.45) is 4.12. The van der Waals surface area contributed by atoms with Crippen LogP contribution < -0.4 is 15.6 Å². The van der Waals surface area contributed by atoms with Crippen molar-refractivity contribution in [2.45, 2.75) is 26.4 Å². The fourth-order valence-corrected chi connectivity index (χ4v) is 3.95. The van der Waals surface area contributed by atoms with E-state index in [1.807, 2.05) is 6.92 Å². The van der Waals surface area contributed by atoms with Gasteiger partial charge in [-0.05, 0) is 44.5 Å². The van der Waals surface area contributed by atoms with Crippen molar-refractivity contribution >= 4 is 22.5 Å². The molecule has 3 aromatic heterocycles. The molecule has 5 rings (SSSR count). The number of halogens is 1. The van der Waals surface area contributed by atoms with E-state index >= 15 is 0 Å². The number of nitrogens with zero attached hydrogens (tertiary/aromatic N) is 3. The molecule has 4 heterocycles. The summed E-state index contributed by atoms with van der Waals surface area (Å²) in [4.78, 5) is 21.4. The van der Waals surface area contributed by atoms with Crippen molar-refractivity contribution in [2.24, 2.45) is 12.0 Å². The zero-order chi connectivity index (χ0) is 24.2. The Bertz CT molecular complexity index is 1530. The van der Waals surface area contributed by atoms with Crippen LogP contribution in [0.15, 0.2) is 57.1 Å². The van der Waals surface area contributed by atoms with E-state index in [-0.39, 0.29) is 22.6 Å². The van der Waals surface area contributed by atoms with Crippen molar-refractivity contribution in [3.05, 3.63) is 70.4 Å². The van der Waals surface area contributed by atoms with Crippen LogP contribution in [0.4, 0.5) is 10.1 Å². The summed E-state index contributed by atoms with van der Waals surface area (Å²) < 4.78 is 28.4. The van der Waals surface area contributed by atoms with Gasteiger partial charge < -0.3 is 24.1 Å². The zero-order valence-corrected chi connectivity index (χ0v) is 19.1. The summed E-state index contributed by atoms with van der Waals surface area (Å²) in [6.45, 7) is 5.74. The topological polar surface area (TPSA) is 102 Å². The Balaban J connectivity index is 1.93. The second kappa shape index (κ2) is 7.81. The highest BCUT2D eigenvalue weighted by molar-refractivity contribution is 6.04. The largest absolute Gasteiger partial charge is 0.451 e. The maximum Gasteiger partial charge on any atom is 0.293 e. The number of aromatic nitrogens is 2. The number of pyridine rings is 2. The Morgan fingerprint density at radius 3 is 2.74 bits per heavy atom. The summed E-state index contributed by atoms with van der Waals surface area (Å²) >= 11 is 0. The molecule has 174 valence electrons. The van der Waals surface area contributed by atoms with Gasteiger partial charge in [0.2, 0.25) is 5.58 Å². The Morgan fingerprint density at radius 2 is 2.00 bits per heavy atom. The van der Waals surface area contributed by atoms with Crippen LogP contribution in [-0.4, -0.2) is 27.0 Å². The maximum atomic E-state index is 14.9. The molecule has 2 N–H and O–H groups in total. The predicted molar refractivity (Wildman–Crippen MR) is 126 cm³/mol. The van der Waals surface area contributed by atoms with Gasteiger partial charge in [-0.3, -0.25) is 9.78 Å². The van der Waals surface area contributed by atoms with Crippen LogP contribution >= 0.6 is 0 Å². The number of ether oxygens (including phenoxy) is 1. The molecular weight excluding hydrogens is 439 g/mol. The molecule has 0 spiro atoms. The van der Waals surface area contributed by atoms with Crippen molar-refractivity contribution in [1.29, 1.82) is 0 Å². The molecule has 8 nitrogen and oxygen atoms in total. The minimum absolute atomic E-state index is 0.101. The van der Waals surface area contributed by atoms with Crippen molar-refractivity contribution in [3.63, 3.8) is 0 Å². The lowest BCUT2D eigenvalue weighted by molar-refractivity contribution is 0.0786. The smallest absolute Gasteiger partial charge is 0.293 e. The minimum Gasteiger partial charge on any atom is -0.451 e. The first-order chi connectivity index (χ1) is 16.2. The first-order valence-electron chi connectivity index (χ1n) is 10.8. The molecule has 0 radical (unpaired) electrons. The van der Waals surface area contributed by atoms with E-state index in [9.17, 15) is 14.3 Å². The average molecular weight is 462 g/mol. The number of nitrogens with one attached hydrogen (secondary N) is 1. The monoisotopic (exact) mass is 462 g/mol. The number of aliphatic imine (C=N–C) groups is 1. The summed E-state index contributed by atoms with van der Waals surface area (Å²) in [5.41, 5.74) is 0.655. The average Bonchev–Trinajstić information content (AvgIpc) is 3.22. The van der Waals surface area contributed by atoms with E-state index in [4.69, 9.17) is 9.15 Å². The maximum absolute atomic E-state index is 14.9. The molecule has 0 fully saturated rings. The molecule has 0 amide bonds. The molecule has 0 aliphatic carbocycles. The number of amidine groups is 1. The van der Waals surface area contributed by atoms with Crippen molar-refractivity contribution in [3.8, 4) is 22.6 Å². The number of hydrogen-bond donors (Lipinski definition) is 2. The molecular formula is C25H23FN4O4. The third-order valence-electron chi connectivity index (χ3n) is 5.69. The number of rotatable bonds is 2. The summed E-state index contributed by atoms with van der Waals surface area (Å²) in [6, 6.07) is 6.87. The van der Waals surface area contributed by atoms with E-state index in [1.54, 1.807) is 51.4 Å². The van der Waals surface area contributed by atoms with E-state index in [0.29, 0.717) is 46.0 Å². The highest BCUT2D eigenvalue weighted by Crippen LogP contribution is 2.43. The molecule has 0 saturated heterocycles. The van der Waals surface area contributed by atoms with Gasteiger partial charge in [-0.25, -0.2) is 9.38 Å². The van der Waals surface area contributed by atoms with Gasteiger partial charge in [0.05, 0.1) is 18.0 Å². The van der Waals surface area contributed by atoms with E-state index in [0.717, 1.165) is 6.20 Å². The van der Waals surface area contributed by atoms with Gasteiger partial charge in [-0.2, -0.15) is 0 Å². The quantitative estimate of drug-likeness (QED) is 0.459. The SMILES string of the molecule is CCN/C1=N/c2cncc(F)c2Oc2ccc(C(C)(C)O)cc2-c2cn(C)c(=O)c3oc1cc23. The molecule has 0 saturated carbocycles. The normalized spacial score (nSPS) is 14.6. The first kappa shape index (κ1) is 21.8. The van der Waals surface area contributed by atoms with Crippen LogP contribution in [0.5, 0.6) is 11.5 Å². The molecule has 4 aromatic rings. The lowest BCUT2D eigenvalue weighted by Gasteiger charge is -2.21. The standard InChI is InChI=1S/C25H23FN4O4/c1-5-28-23-20-9-15-16(12-30(4)24(31)21(15)34-20)14-8-13(25(2,3)32)6-7-19(14)33-22-17(26)10-27-11-18(22)29-23/h6-12,32H,5H2,1-4H3,(H,28,29). The Labute approximate surface area is 194 Å². The molecule has 0 unspecified atom stereocenters. The first-order valence-corrected chi connectivity index (χ1v) is 10.8. The fourth-order valence-electron chi connectivity index (χ4n) is 3.95. The third-order valence-corrected chi connectivity index (χ3v) is 5.69. The van der Waals surface area contributed by atoms with Gasteiger partial charge in [0, 0.05) is 36.3 Å². The van der Waals surface area contributed by atoms with Gasteiger partial charge in [0.1, 0.15) is 11.4 Å². The second-order valence-corrected chi connectivity index (χ2v) is 8.64. The number of benzene rings is 1. The fraction of sp³-hybridized carbons (Fsp3) is 0.240. The van der Waals surface area contributed by atoms with Gasteiger partial charge in [0.15, 0.2) is 23.2 Å². The van der Waals surface area contributed by atoms with Gasteiger partial charge >= 0.3 is 0 Å². The molecule has 1 aliphatic rings. The summed E-state index contributed by atoms with van der Waals surface area (Å²) in [5.74, 6) is 0.171. The van der Waals surface area contributed by atoms with Crippen LogP contribution in [0.2, 0.25) is 0 Å². The number of hydrogen-bond acceptors (Lipinski definition) is 7. The van der Waals surface area contributed by atoms with Crippen molar-refractivity contribution in [2.75, 3.05) is 6.54 Å². The van der Waals surface area contributed by atoms with E-state index < -0.39 is 11.4 Å².